The Bertz CT molecular complexity index is 1570. The first-order valence-electron chi connectivity index (χ1n) is 12.6. The molecule has 202 valence electrons. The molecule has 8 heteroatoms. The number of hydrogen-bond donors (Lipinski definition) is 4. The molecule has 0 aliphatic carbocycles. The fourth-order valence-electron chi connectivity index (χ4n) is 5.05. The summed E-state index contributed by atoms with van der Waals surface area (Å²) in [6, 6.07) is 27.7. The standard InChI is InChI=1S/C32H28N2O6/c1-39-31(37)33-29(27-23-9-5-3-7-19(23)15-17-25(27)35)21-11-13-22(14-12-21)30(34-32(38)40-2)28-24-10-6-4-8-20(24)16-18-26(28)36/h3-18,29-30,35-36H,1-2H3,(H,33,37)(H,34,38). The first-order valence-corrected chi connectivity index (χ1v) is 12.6. The van der Waals surface area contributed by atoms with Crippen LogP contribution in [-0.4, -0.2) is 36.6 Å². The molecule has 0 saturated heterocycles. The average Bonchev–Trinajstić information content (AvgIpc) is 2.99. The molecular formula is C32H28N2O6. The molecule has 4 N–H and O–H groups in total. The van der Waals surface area contributed by atoms with Crippen molar-refractivity contribution >= 4 is 33.7 Å². The molecule has 0 spiro atoms. The van der Waals surface area contributed by atoms with Crippen molar-refractivity contribution in [2.75, 3.05) is 14.2 Å². The minimum atomic E-state index is -0.745. The Labute approximate surface area is 230 Å². The van der Waals surface area contributed by atoms with E-state index in [4.69, 9.17) is 9.47 Å². The highest BCUT2D eigenvalue weighted by Gasteiger charge is 2.26. The number of aromatic hydroxyl groups is 2. The summed E-state index contributed by atoms with van der Waals surface area (Å²) in [6.07, 6.45) is -1.32. The second-order valence-electron chi connectivity index (χ2n) is 9.24. The summed E-state index contributed by atoms with van der Waals surface area (Å²) in [5, 5.41) is 30.8. The van der Waals surface area contributed by atoms with Gasteiger partial charge in [0.05, 0.1) is 26.3 Å². The van der Waals surface area contributed by atoms with E-state index in [1.54, 1.807) is 36.4 Å². The quantitative estimate of drug-likeness (QED) is 0.203. The molecule has 0 bridgehead atoms. The van der Waals surface area contributed by atoms with Crippen LogP contribution in [0.4, 0.5) is 9.59 Å². The maximum absolute atomic E-state index is 12.4. The van der Waals surface area contributed by atoms with Crippen LogP contribution in [-0.2, 0) is 9.47 Å². The number of benzene rings is 5. The maximum Gasteiger partial charge on any atom is 0.407 e. The van der Waals surface area contributed by atoms with Crippen molar-refractivity contribution < 1.29 is 29.3 Å². The van der Waals surface area contributed by atoms with E-state index >= 15 is 0 Å². The van der Waals surface area contributed by atoms with Crippen LogP contribution in [0.25, 0.3) is 21.5 Å². The van der Waals surface area contributed by atoms with E-state index in [2.05, 4.69) is 10.6 Å². The molecule has 40 heavy (non-hydrogen) atoms. The number of fused-ring (bicyclic) bond motifs is 2. The molecule has 2 unspecified atom stereocenters. The number of carbonyl (C=O) groups is 2. The molecule has 0 fully saturated rings. The molecule has 5 rings (SSSR count). The predicted molar refractivity (Wildman–Crippen MR) is 152 cm³/mol. The lowest BCUT2D eigenvalue weighted by atomic mass is 9.89. The summed E-state index contributed by atoms with van der Waals surface area (Å²) >= 11 is 0. The van der Waals surface area contributed by atoms with Gasteiger partial charge in [0.2, 0.25) is 0 Å². The maximum atomic E-state index is 12.4. The lowest BCUT2D eigenvalue weighted by Gasteiger charge is -2.24. The Morgan fingerprint density at radius 1 is 0.575 bits per heavy atom. The van der Waals surface area contributed by atoms with Crippen LogP contribution in [0.15, 0.2) is 97.1 Å². The minimum Gasteiger partial charge on any atom is -0.508 e. The number of methoxy groups -OCH3 is 2. The van der Waals surface area contributed by atoms with Gasteiger partial charge in [-0.25, -0.2) is 9.59 Å². The highest BCUT2D eigenvalue weighted by Crippen LogP contribution is 2.39. The van der Waals surface area contributed by atoms with Crippen LogP contribution >= 0.6 is 0 Å². The fourth-order valence-corrected chi connectivity index (χ4v) is 5.05. The van der Waals surface area contributed by atoms with Gasteiger partial charge in [-0.3, -0.25) is 0 Å². The summed E-state index contributed by atoms with van der Waals surface area (Å²) in [7, 11) is 2.55. The number of phenols is 2. The molecule has 0 aliphatic heterocycles. The van der Waals surface area contributed by atoms with Gasteiger partial charge in [0.1, 0.15) is 11.5 Å². The van der Waals surface area contributed by atoms with Crippen molar-refractivity contribution in [3.8, 4) is 11.5 Å². The molecule has 2 atom stereocenters. The molecule has 2 amide bonds. The van der Waals surface area contributed by atoms with E-state index in [-0.39, 0.29) is 11.5 Å². The zero-order valence-electron chi connectivity index (χ0n) is 21.9. The summed E-state index contributed by atoms with van der Waals surface area (Å²) in [4.78, 5) is 24.8. The van der Waals surface area contributed by atoms with E-state index in [1.807, 2.05) is 60.7 Å². The third kappa shape index (κ3) is 5.07. The minimum absolute atomic E-state index is 0.0232. The van der Waals surface area contributed by atoms with E-state index in [0.29, 0.717) is 22.3 Å². The molecule has 0 radical (unpaired) electrons. The molecule has 5 aromatic carbocycles. The van der Waals surface area contributed by atoms with Gasteiger partial charge in [-0.2, -0.15) is 0 Å². The van der Waals surface area contributed by atoms with E-state index in [0.717, 1.165) is 21.5 Å². The van der Waals surface area contributed by atoms with Crippen LogP contribution in [0.3, 0.4) is 0 Å². The lowest BCUT2D eigenvalue weighted by molar-refractivity contribution is 0.167. The molecule has 0 aromatic heterocycles. The van der Waals surface area contributed by atoms with Gasteiger partial charge >= 0.3 is 12.2 Å². The van der Waals surface area contributed by atoms with Crippen LogP contribution in [0.5, 0.6) is 11.5 Å². The molecule has 8 nitrogen and oxygen atoms in total. The van der Waals surface area contributed by atoms with Crippen LogP contribution in [0.1, 0.15) is 34.3 Å². The van der Waals surface area contributed by atoms with Gasteiger partial charge < -0.3 is 30.3 Å². The van der Waals surface area contributed by atoms with Crippen molar-refractivity contribution in [2.45, 2.75) is 12.1 Å². The highest BCUT2D eigenvalue weighted by atomic mass is 16.5. The number of carbonyl (C=O) groups excluding carboxylic acids is 2. The van der Waals surface area contributed by atoms with E-state index < -0.39 is 24.3 Å². The van der Waals surface area contributed by atoms with E-state index in [1.165, 1.54) is 14.2 Å². The number of rotatable bonds is 6. The van der Waals surface area contributed by atoms with Crippen molar-refractivity contribution in [3.63, 3.8) is 0 Å². The van der Waals surface area contributed by atoms with Gasteiger partial charge in [0.15, 0.2) is 0 Å². The second kappa shape index (κ2) is 11.2. The van der Waals surface area contributed by atoms with Gasteiger partial charge in [0, 0.05) is 11.1 Å². The molecular weight excluding hydrogens is 508 g/mol. The van der Waals surface area contributed by atoms with Crippen molar-refractivity contribution in [1.29, 1.82) is 0 Å². The van der Waals surface area contributed by atoms with Crippen LogP contribution < -0.4 is 10.6 Å². The zero-order valence-corrected chi connectivity index (χ0v) is 21.9. The van der Waals surface area contributed by atoms with Crippen LogP contribution in [0, 0.1) is 0 Å². The van der Waals surface area contributed by atoms with Gasteiger partial charge in [-0.15, -0.1) is 0 Å². The van der Waals surface area contributed by atoms with Crippen molar-refractivity contribution in [2.24, 2.45) is 0 Å². The first-order chi connectivity index (χ1) is 19.4. The van der Waals surface area contributed by atoms with Gasteiger partial charge in [0.25, 0.3) is 0 Å². The fraction of sp³-hybridized carbons (Fsp3) is 0.125. The lowest BCUT2D eigenvalue weighted by Crippen LogP contribution is -2.30. The summed E-state index contributed by atoms with van der Waals surface area (Å²) < 4.78 is 9.77. The molecule has 5 aromatic rings. The van der Waals surface area contributed by atoms with Crippen molar-refractivity contribution in [1.82, 2.24) is 10.6 Å². The van der Waals surface area contributed by atoms with E-state index in [9.17, 15) is 19.8 Å². The number of hydrogen-bond acceptors (Lipinski definition) is 6. The Balaban J connectivity index is 1.63. The zero-order chi connectivity index (χ0) is 28.2. The SMILES string of the molecule is COC(=O)NC(c1ccc(C(NC(=O)OC)c2c(O)ccc3ccccc23)cc1)c1c(O)ccc2ccccc12. The average molecular weight is 537 g/mol. The topological polar surface area (TPSA) is 117 Å². The first kappa shape index (κ1) is 26.4. The number of phenolic OH excluding ortho intramolecular Hbond substituents is 2. The normalized spacial score (nSPS) is 12.4. The Kier molecular flexibility index (Phi) is 7.41. The summed E-state index contributed by atoms with van der Waals surface area (Å²) in [6.45, 7) is 0. The molecule has 0 aliphatic rings. The molecule has 0 saturated carbocycles. The monoisotopic (exact) mass is 536 g/mol. The Morgan fingerprint density at radius 2 is 0.950 bits per heavy atom. The summed E-state index contributed by atoms with van der Waals surface area (Å²) in [5.41, 5.74) is 2.37. The Hall–Kier alpha value is -5.24. The largest absolute Gasteiger partial charge is 0.508 e. The third-order valence-corrected chi connectivity index (χ3v) is 6.97. The van der Waals surface area contributed by atoms with Gasteiger partial charge in [-0.1, -0.05) is 84.9 Å². The van der Waals surface area contributed by atoms with Gasteiger partial charge in [-0.05, 0) is 44.8 Å². The smallest absolute Gasteiger partial charge is 0.407 e. The predicted octanol–water partition coefficient (Wildman–Crippen LogP) is 6.30. The highest BCUT2D eigenvalue weighted by molar-refractivity contribution is 5.90. The third-order valence-electron chi connectivity index (χ3n) is 6.97. The number of alkyl carbamates (subject to hydrolysis) is 2. The Morgan fingerprint density at radius 3 is 1.32 bits per heavy atom. The van der Waals surface area contributed by atoms with Crippen molar-refractivity contribution in [3.05, 3.63) is 119 Å². The summed E-state index contributed by atoms with van der Waals surface area (Å²) in [5.74, 6) is 0.0465. The number of nitrogens with one attached hydrogen (secondary N) is 2. The number of ether oxygens (including phenoxy) is 2. The van der Waals surface area contributed by atoms with Crippen LogP contribution in [0.2, 0.25) is 0 Å². The number of amides is 2. The second-order valence-corrected chi connectivity index (χ2v) is 9.24. The molecule has 0 heterocycles.